The summed E-state index contributed by atoms with van der Waals surface area (Å²) < 4.78 is 29.2. The van der Waals surface area contributed by atoms with E-state index in [1.807, 2.05) is 0 Å². The monoisotopic (exact) mass is 403 g/mol. The van der Waals surface area contributed by atoms with Gasteiger partial charge in [-0.3, -0.25) is 4.79 Å². The third-order valence-electron chi connectivity index (χ3n) is 3.58. The molecule has 146 valence electrons. The standard InChI is InChI=1S/C19H18FN3O4S/c1-12(26-15-8-6-13(20)7-9-15)18-22-23-19(27-18)28-11-17(24)21-14-4-3-5-16(10-14)25-2/h3-10,12H,11H2,1-2H3,(H,21,24)/t12-/m0/s1. The van der Waals surface area contributed by atoms with E-state index in [1.54, 1.807) is 38.3 Å². The van der Waals surface area contributed by atoms with Crippen LogP contribution in [0.2, 0.25) is 0 Å². The van der Waals surface area contributed by atoms with Crippen LogP contribution in [-0.2, 0) is 4.79 Å². The van der Waals surface area contributed by atoms with Gasteiger partial charge in [-0.1, -0.05) is 17.8 Å². The molecule has 0 fully saturated rings. The maximum atomic E-state index is 12.9. The molecule has 0 aliphatic heterocycles. The molecule has 0 bridgehead atoms. The Morgan fingerprint density at radius 2 is 2.00 bits per heavy atom. The van der Waals surface area contributed by atoms with Gasteiger partial charge in [0, 0.05) is 11.8 Å². The topological polar surface area (TPSA) is 86.5 Å². The SMILES string of the molecule is COc1cccc(NC(=O)CSc2nnc([C@H](C)Oc3ccc(F)cc3)o2)c1. The first kappa shape index (κ1) is 19.7. The highest BCUT2D eigenvalue weighted by Gasteiger charge is 2.17. The smallest absolute Gasteiger partial charge is 0.277 e. The lowest BCUT2D eigenvalue weighted by Crippen LogP contribution is -2.13. The van der Waals surface area contributed by atoms with Crippen molar-refractivity contribution in [1.82, 2.24) is 10.2 Å². The Bertz CT molecular complexity index is 933. The van der Waals surface area contributed by atoms with E-state index in [0.717, 1.165) is 11.8 Å². The Labute approximate surface area is 165 Å². The lowest BCUT2D eigenvalue weighted by atomic mass is 10.3. The lowest BCUT2D eigenvalue weighted by molar-refractivity contribution is -0.113. The maximum absolute atomic E-state index is 12.9. The minimum Gasteiger partial charge on any atom is -0.497 e. The van der Waals surface area contributed by atoms with Crippen LogP contribution < -0.4 is 14.8 Å². The first-order chi connectivity index (χ1) is 13.5. The van der Waals surface area contributed by atoms with Gasteiger partial charge in [-0.25, -0.2) is 4.39 Å². The van der Waals surface area contributed by atoms with E-state index in [9.17, 15) is 9.18 Å². The molecule has 0 saturated carbocycles. The van der Waals surface area contributed by atoms with Crippen molar-refractivity contribution >= 4 is 23.4 Å². The highest BCUT2D eigenvalue weighted by Crippen LogP contribution is 2.24. The number of nitrogens with one attached hydrogen (secondary N) is 1. The summed E-state index contributed by atoms with van der Waals surface area (Å²) in [7, 11) is 1.56. The molecule has 0 aliphatic rings. The van der Waals surface area contributed by atoms with Crippen molar-refractivity contribution in [1.29, 1.82) is 0 Å². The van der Waals surface area contributed by atoms with Gasteiger partial charge >= 0.3 is 0 Å². The van der Waals surface area contributed by atoms with E-state index < -0.39 is 6.10 Å². The number of benzene rings is 2. The fraction of sp³-hybridized carbons (Fsp3) is 0.211. The zero-order chi connectivity index (χ0) is 19.9. The van der Waals surface area contributed by atoms with Gasteiger partial charge in [0.25, 0.3) is 11.1 Å². The van der Waals surface area contributed by atoms with Crippen molar-refractivity contribution in [3.8, 4) is 11.5 Å². The van der Waals surface area contributed by atoms with Gasteiger partial charge < -0.3 is 19.2 Å². The number of halogens is 1. The maximum Gasteiger partial charge on any atom is 0.277 e. The van der Waals surface area contributed by atoms with Crippen molar-refractivity contribution in [3.63, 3.8) is 0 Å². The Morgan fingerprint density at radius 3 is 2.75 bits per heavy atom. The van der Waals surface area contributed by atoms with Crippen molar-refractivity contribution in [3.05, 3.63) is 60.2 Å². The van der Waals surface area contributed by atoms with Gasteiger partial charge in [-0.15, -0.1) is 10.2 Å². The van der Waals surface area contributed by atoms with Gasteiger partial charge in [0.2, 0.25) is 5.91 Å². The van der Waals surface area contributed by atoms with Crippen LogP contribution in [0.25, 0.3) is 0 Å². The third kappa shape index (κ3) is 5.46. The van der Waals surface area contributed by atoms with Gasteiger partial charge in [0.15, 0.2) is 6.10 Å². The second kappa shape index (κ2) is 9.23. The Morgan fingerprint density at radius 1 is 1.21 bits per heavy atom. The summed E-state index contributed by atoms with van der Waals surface area (Å²) in [5, 5.41) is 10.9. The number of amides is 1. The number of aromatic nitrogens is 2. The highest BCUT2D eigenvalue weighted by atomic mass is 32.2. The van der Waals surface area contributed by atoms with Crippen molar-refractivity contribution in [2.45, 2.75) is 18.3 Å². The molecule has 2 aromatic carbocycles. The van der Waals surface area contributed by atoms with Crippen LogP contribution in [0.15, 0.2) is 58.2 Å². The van der Waals surface area contributed by atoms with Gasteiger partial charge in [-0.2, -0.15) is 0 Å². The fourth-order valence-corrected chi connectivity index (χ4v) is 2.81. The number of thioether (sulfide) groups is 1. The average Bonchev–Trinajstić information content (AvgIpc) is 3.17. The molecule has 3 rings (SSSR count). The zero-order valence-corrected chi connectivity index (χ0v) is 16.0. The quantitative estimate of drug-likeness (QED) is 0.567. The van der Waals surface area contributed by atoms with E-state index in [2.05, 4.69) is 15.5 Å². The number of rotatable bonds is 8. The molecule has 0 spiro atoms. The van der Waals surface area contributed by atoms with Gasteiger partial charge in [0.1, 0.15) is 17.3 Å². The normalized spacial score (nSPS) is 11.7. The Hall–Kier alpha value is -3.07. The molecule has 0 radical (unpaired) electrons. The predicted octanol–water partition coefficient (Wildman–Crippen LogP) is 4.09. The Balaban J connectivity index is 1.51. The van der Waals surface area contributed by atoms with Crippen LogP contribution in [0, 0.1) is 5.82 Å². The number of nitrogens with zero attached hydrogens (tertiary/aromatic N) is 2. The van der Waals surface area contributed by atoms with Crippen LogP contribution in [0.5, 0.6) is 11.5 Å². The summed E-state index contributed by atoms with van der Waals surface area (Å²) in [6.07, 6.45) is -0.516. The Kier molecular flexibility index (Phi) is 6.49. The van der Waals surface area contributed by atoms with Crippen molar-refractivity contribution in [2.24, 2.45) is 0 Å². The van der Waals surface area contributed by atoms with E-state index in [-0.39, 0.29) is 28.6 Å². The molecule has 1 atom stereocenters. The molecule has 3 aromatic rings. The zero-order valence-electron chi connectivity index (χ0n) is 15.2. The number of hydrogen-bond donors (Lipinski definition) is 1. The number of carbonyl (C=O) groups excluding carboxylic acids is 1. The molecule has 7 nitrogen and oxygen atoms in total. The number of carbonyl (C=O) groups is 1. The van der Waals surface area contributed by atoms with Crippen LogP contribution in [-0.4, -0.2) is 29.0 Å². The minimum absolute atomic E-state index is 0.103. The first-order valence-electron chi connectivity index (χ1n) is 8.36. The second-order valence-electron chi connectivity index (χ2n) is 5.69. The van der Waals surface area contributed by atoms with E-state index >= 15 is 0 Å². The minimum atomic E-state index is -0.516. The van der Waals surface area contributed by atoms with Crippen molar-refractivity contribution < 1.29 is 23.1 Å². The summed E-state index contributed by atoms with van der Waals surface area (Å²) in [6, 6.07) is 12.7. The summed E-state index contributed by atoms with van der Waals surface area (Å²) in [5.74, 6) is 0.949. The van der Waals surface area contributed by atoms with Crippen LogP contribution in [0.1, 0.15) is 18.9 Å². The van der Waals surface area contributed by atoms with Gasteiger partial charge in [0.05, 0.1) is 12.9 Å². The molecule has 1 N–H and O–H groups in total. The van der Waals surface area contributed by atoms with E-state index in [1.165, 1.54) is 24.3 Å². The summed E-state index contributed by atoms with van der Waals surface area (Å²) in [6.45, 7) is 1.74. The molecule has 0 saturated heterocycles. The summed E-state index contributed by atoms with van der Waals surface area (Å²) >= 11 is 1.12. The molecular formula is C19H18FN3O4S. The molecule has 1 heterocycles. The number of hydrogen-bond acceptors (Lipinski definition) is 7. The third-order valence-corrected chi connectivity index (χ3v) is 4.40. The molecule has 0 unspecified atom stereocenters. The largest absolute Gasteiger partial charge is 0.497 e. The van der Waals surface area contributed by atoms with Gasteiger partial charge in [-0.05, 0) is 43.3 Å². The number of ether oxygens (including phenoxy) is 2. The molecule has 0 aliphatic carbocycles. The fourth-order valence-electron chi connectivity index (χ4n) is 2.24. The van der Waals surface area contributed by atoms with Crippen molar-refractivity contribution in [2.75, 3.05) is 18.2 Å². The average molecular weight is 403 g/mol. The van der Waals surface area contributed by atoms with Crippen LogP contribution in [0.4, 0.5) is 10.1 Å². The molecule has 1 amide bonds. The predicted molar refractivity (Wildman–Crippen MR) is 102 cm³/mol. The summed E-state index contributed by atoms with van der Waals surface area (Å²) in [4.78, 5) is 12.1. The second-order valence-corrected chi connectivity index (χ2v) is 6.62. The molecular weight excluding hydrogens is 385 g/mol. The van der Waals surface area contributed by atoms with Crippen LogP contribution in [0.3, 0.4) is 0 Å². The number of methoxy groups -OCH3 is 1. The molecule has 9 heteroatoms. The summed E-state index contributed by atoms with van der Waals surface area (Å²) in [5.41, 5.74) is 0.637. The highest BCUT2D eigenvalue weighted by molar-refractivity contribution is 7.99. The van der Waals surface area contributed by atoms with Crippen LogP contribution >= 0.6 is 11.8 Å². The number of anilines is 1. The first-order valence-corrected chi connectivity index (χ1v) is 9.34. The molecule has 28 heavy (non-hydrogen) atoms. The van der Waals surface area contributed by atoms with E-state index in [0.29, 0.717) is 17.2 Å². The molecule has 1 aromatic heterocycles. The lowest BCUT2D eigenvalue weighted by Gasteiger charge is -2.10. The van der Waals surface area contributed by atoms with E-state index in [4.69, 9.17) is 13.9 Å².